The minimum atomic E-state index is -0.526. The molecule has 0 aliphatic rings. The van der Waals surface area contributed by atoms with E-state index in [0.29, 0.717) is 5.56 Å². The Kier molecular flexibility index (Phi) is 3.43. The molecular formula is C16H12F2. The zero-order valence-corrected chi connectivity index (χ0v) is 10.2. The first-order chi connectivity index (χ1) is 8.61. The van der Waals surface area contributed by atoms with Crippen molar-refractivity contribution in [3.8, 4) is 23.0 Å². The first-order valence-corrected chi connectivity index (χ1v) is 5.60. The van der Waals surface area contributed by atoms with Crippen LogP contribution in [-0.4, -0.2) is 0 Å². The molecular weight excluding hydrogens is 230 g/mol. The average Bonchev–Trinajstić information content (AvgIpc) is 2.37. The summed E-state index contributed by atoms with van der Waals surface area (Å²) in [5.41, 5.74) is 2.24. The molecule has 0 nitrogen and oxygen atoms in total. The predicted octanol–water partition coefficient (Wildman–Crippen LogP) is 4.31. The van der Waals surface area contributed by atoms with E-state index >= 15 is 0 Å². The molecule has 0 aromatic heterocycles. The van der Waals surface area contributed by atoms with Crippen molar-refractivity contribution in [3.63, 3.8) is 0 Å². The van der Waals surface area contributed by atoms with E-state index in [1.807, 2.05) is 24.3 Å². The molecule has 2 aromatic rings. The lowest BCUT2D eigenvalue weighted by molar-refractivity contribution is 0.569. The van der Waals surface area contributed by atoms with Crippen LogP contribution < -0.4 is 0 Å². The third-order valence-corrected chi connectivity index (χ3v) is 2.77. The summed E-state index contributed by atoms with van der Waals surface area (Å²) in [6, 6.07) is 9.98. The minimum Gasteiger partial charge on any atom is -0.207 e. The van der Waals surface area contributed by atoms with E-state index in [4.69, 9.17) is 0 Å². The molecule has 90 valence electrons. The lowest BCUT2D eigenvalue weighted by Crippen LogP contribution is -1.90. The highest BCUT2D eigenvalue weighted by molar-refractivity contribution is 5.65. The van der Waals surface area contributed by atoms with Gasteiger partial charge < -0.3 is 0 Å². The third kappa shape index (κ3) is 2.41. The molecule has 0 radical (unpaired) electrons. The standard InChI is InChI=1S/C16H12F2/c1-3-4-12-5-7-13(8-6-12)14-9-15(17)11(2)16(18)10-14/h5-10H,1-2H3. The zero-order chi connectivity index (χ0) is 13.1. The van der Waals surface area contributed by atoms with Crippen molar-refractivity contribution in [1.82, 2.24) is 0 Å². The fraction of sp³-hybridized carbons (Fsp3) is 0.125. The summed E-state index contributed by atoms with van der Waals surface area (Å²) in [5.74, 6) is 4.67. The van der Waals surface area contributed by atoms with Gasteiger partial charge in [0.1, 0.15) is 11.6 Å². The summed E-state index contributed by atoms with van der Waals surface area (Å²) in [5, 5.41) is 0. The van der Waals surface area contributed by atoms with Gasteiger partial charge in [-0.2, -0.15) is 0 Å². The highest BCUT2D eigenvalue weighted by Gasteiger charge is 2.07. The largest absolute Gasteiger partial charge is 0.207 e. The van der Waals surface area contributed by atoms with Crippen molar-refractivity contribution >= 4 is 0 Å². The number of hydrogen-bond donors (Lipinski definition) is 0. The van der Waals surface area contributed by atoms with Gasteiger partial charge in [-0.1, -0.05) is 18.1 Å². The van der Waals surface area contributed by atoms with E-state index in [0.717, 1.165) is 11.1 Å². The van der Waals surface area contributed by atoms with Gasteiger partial charge in [0.2, 0.25) is 0 Å². The van der Waals surface area contributed by atoms with Gasteiger partial charge in [0.25, 0.3) is 0 Å². The zero-order valence-electron chi connectivity index (χ0n) is 10.2. The molecule has 0 saturated heterocycles. The van der Waals surface area contributed by atoms with E-state index < -0.39 is 11.6 Å². The molecule has 0 N–H and O–H groups in total. The first-order valence-electron chi connectivity index (χ1n) is 5.60. The molecule has 0 bridgehead atoms. The molecule has 0 amide bonds. The number of halogens is 2. The highest BCUT2D eigenvalue weighted by Crippen LogP contribution is 2.24. The number of hydrogen-bond acceptors (Lipinski definition) is 0. The van der Waals surface area contributed by atoms with Gasteiger partial charge in [0.05, 0.1) is 0 Å². The molecule has 0 saturated carbocycles. The van der Waals surface area contributed by atoms with E-state index in [2.05, 4.69) is 11.8 Å². The summed E-state index contributed by atoms with van der Waals surface area (Å²) in [4.78, 5) is 0. The van der Waals surface area contributed by atoms with Crippen molar-refractivity contribution in [2.24, 2.45) is 0 Å². The summed E-state index contributed by atoms with van der Waals surface area (Å²) >= 11 is 0. The molecule has 0 unspecified atom stereocenters. The van der Waals surface area contributed by atoms with E-state index in [1.165, 1.54) is 19.1 Å². The van der Waals surface area contributed by atoms with Crippen LogP contribution in [0.3, 0.4) is 0 Å². The van der Waals surface area contributed by atoms with Crippen LogP contribution in [0.15, 0.2) is 36.4 Å². The SMILES string of the molecule is CC#Cc1ccc(-c2cc(F)c(C)c(F)c2)cc1. The van der Waals surface area contributed by atoms with Gasteiger partial charge in [-0.15, -0.1) is 5.92 Å². The molecule has 0 heterocycles. The average molecular weight is 242 g/mol. The van der Waals surface area contributed by atoms with Gasteiger partial charge in [-0.05, 0) is 49.2 Å². The summed E-state index contributed by atoms with van der Waals surface area (Å²) in [6.45, 7) is 3.19. The second-order valence-electron chi connectivity index (χ2n) is 4.02. The van der Waals surface area contributed by atoms with Crippen LogP contribution in [0.4, 0.5) is 8.78 Å². The van der Waals surface area contributed by atoms with E-state index in [9.17, 15) is 8.78 Å². The normalized spacial score (nSPS) is 9.78. The topological polar surface area (TPSA) is 0 Å². The third-order valence-electron chi connectivity index (χ3n) is 2.77. The summed E-state index contributed by atoms with van der Waals surface area (Å²) < 4.78 is 26.9. The Morgan fingerprint density at radius 3 is 1.94 bits per heavy atom. The van der Waals surface area contributed by atoms with Crippen LogP contribution in [-0.2, 0) is 0 Å². The molecule has 0 spiro atoms. The maximum absolute atomic E-state index is 13.5. The van der Waals surface area contributed by atoms with Crippen molar-refractivity contribution < 1.29 is 8.78 Å². The van der Waals surface area contributed by atoms with Gasteiger partial charge in [0.15, 0.2) is 0 Å². The lowest BCUT2D eigenvalue weighted by atomic mass is 10.0. The Bertz CT molecular complexity index is 605. The molecule has 18 heavy (non-hydrogen) atoms. The molecule has 0 atom stereocenters. The smallest absolute Gasteiger partial charge is 0.129 e. The predicted molar refractivity (Wildman–Crippen MR) is 69.1 cm³/mol. The van der Waals surface area contributed by atoms with Crippen LogP contribution in [0.1, 0.15) is 18.1 Å². The highest BCUT2D eigenvalue weighted by atomic mass is 19.1. The Balaban J connectivity index is 2.45. The fourth-order valence-corrected chi connectivity index (χ4v) is 1.70. The molecule has 0 aliphatic carbocycles. The quantitative estimate of drug-likeness (QED) is 0.653. The molecule has 2 heteroatoms. The van der Waals surface area contributed by atoms with Crippen LogP contribution in [0, 0.1) is 30.4 Å². The van der Waals surface area contributed by atoms with Crippen molar-refractivity contribution in [2.45, 2.75) is 13.8 Å². The van der Waals surface area contributed by atoms with Crippen LogP contribution in [0.25, 0.3) is 11.1 Å². The Hall–Kier alpha value is -2.14. The van der Waals surface area contributed by atoms with Crippen molar-refractivity contribution in [1.29, 1.82) is 0 Å². The van der Waals surface area contributed by atoms with Crippen LogP contribution in [0.5, 0.6) is 0 Å². The molecule has 2 aromatic carbocycles. The first kappa shape index (κ1) is 12.3. The van der Waals surface area contributed by atoms with E-state index in [1.54, 1.807) is 6.92 Å². The molecule has 0 aliphatic heterocycles. The lowest BCUT2D eigenvalue weighted by Gasteiger charge is -2.05. The molecule has 2 rings (SSSR count). The second-order valence-corrected chi connectivity index (χ2v) is 4.02. The van der Waals surface area contributed by atoms with Gasteiger partial charge in [0, 0.05) is 11.1 Å². The Labute approximate surface area is 105 Å². The molecule has 0 fully saturated rings. The number of rotatable bonds is 1. The van der Waals surface area contributed by atoms with E-state index in [-0.39, 0.29) is 5.56 Å². The van der Waals surface area contributed by atoms with Gasteiger partial charge in [-0.3, -0.25) is 0 Å². The van der Waals surface area contributed by atoms with Gasteiger partial charge in [-0.25, -0.2) is 8.78 Å². The maximum Gasteiger partial charge on any atom is 0.129 e. The van der Waals surface area contributed by atoms with Gasteiger partial charge >= 0.3 is 0 Å². The van der Waals surface area contributed by atoms with Crippen LogP contribution >= 0.6 is 0 Å². The number of benzene rings is 2. The minimum absolute atomic E-state index is 0.0484. The summed E-state index contributed by atoms with van der Waals surface area (Å²) in [7, 11) is 0. The Morgan fingerprint density at radius 2 is 1.44 bits per heavy atom. The van der Waals surface area contributed by atoms with Crippen LogP contribution in [0.2, 0.25) is 0 Å². The van der Waals surface area contributed by atoms with Crippen molar-refractivity contribution in [2.75, 3.05) is 0 Å². The fourth-order valence-electron chi connectivity index (χ4n) is 1.70. The maximum atomic E-state index is 13.5. The van der Waals surface area contributed by atoms with Crippen molar-refractivity contribution in [3.05, 3.63) is 59.2 Å². The second kappa shape index (κ2) is 5.01. The summed E-state index contributed by atoms with van der Waals surface area (Å²) in [6.07, 6.45) is 0. The monoisotopic (exact) mass is 242 g/mol. The Morgan fingerprint density at radius 1 is 0.889 bits per heavy atom.